The van der Waals surface area contributed by atoms with Gasteiger partial charge in [0.15, 0.2) is 12.6 Å². The summed E-state index contributed by atoms with van der Waals surface area (Å²) in [6.45, 7) is 8.45. The third-order valence-corrected chi connectivity index (χ3v) is 3.34. The molecular weight excluding hydrogens is 431 g/mol. The van der Waals surface area contributed by atoms with Crippen LogP contribution >= 0.6 is 24.0 Å². The lowest BCUT2D eigenvalue weighted by Gasteiger charge is -2.13. The number of halogens is 1. The second-order valence-electron chi connectivity index (χ2n) is 5.92. The van der Waals surface area contributed by atoms with E-state index in [1.165, 1.54) is 0 Å². The molecule has 1 amide bonds. The molecule has 0 aromatic heterocycles. The molecule has 25 heavy (non-hydrogen) atoms. The molecule has 0 aliphatic rings. The Hall–Kier alpha value is -1.51. The van der Waals surface area contributed by atoms with Gasteiger partial charge in [-0.25, -0.2) is 0 Å². The maximum absolute atomic E-state index is 11.4. The van der Waals surface area contributed by atoms with Gasteiger partial charge >= 0.3 is 0 Å². The largest absolute Gasteiger partial charge is 0.484 e. The van der Waals surface area contributed by atoms with Gasteiger partial charge in [-0.15, -0.1) is 24.0 Å². The molecule has 0 aliphatic heterocycles. The van der Waals surface area contributed by atoms with Crippen LogP contribution in [0.4, 0.5) is 0 Å². The molecule has 0 heterocycles. The van der Waals surface area contributed by atoms with Crippen molar-refractivity contribution in [1.82, 2.24) is 16.0 Å². The summed E-state index contributed by atoms with van der Waals surface area (Å²) in [7, 11) is 1.76. The molecule has 0 atom stereocenters. The van der Waals surface area contributed by atoms with E-state index in [4.69, 9.17) is 4.74 Å². The Morgan fingerprint density at radius 3 is 2.64 bits per heavy atom. The fourth-order valence-electron chi connectivity index (χ4n) is 2.03. The standard InChI is InChI=1S/C18H30N4O2.HI/c1-5-20-17(23)13-24-16-8-6-7-15(11-16)12-22-18(19-4)21-10-9-14(2)3;/h6-8,11,14H,5,9-10,12-13H2,1-4H3,(H,20,23)(H2,19,21,22);1H. The highest BCUT2D eigenvalue weighted by molar-refractivity contribution is 14.0. The van der Waals surface area contributed by atoms with Crippen molar-refractivity contribution >= 4 is 35.8 Å². The van der Waals surface area contributed by atoms with Crippen LogP contribution in [0.5, 0.6) is 5.75 Å². The number of benzene rings is 1. The zero-order valence-electron chi connectivity index (χ0n) is 15.6. The molecule has 0 fully saturated rings. The summed E-state index contributed by atoms with van der Waals surface area (Å²) in [5.41, 5.74) is 1.07. The average Bonchev–Trinajstić information content (AvgIpc) is 2.56. The van der Waals surface area contributed by atoms with Gasteiger partial charge in [-0.2, -0.15) is 0 Å². The first kappa shape index (κ1) is 23.5. The first-order valence-electron chi connectivity index (χ1n) is 8.48. The summed E-state index contributed by atoms with van der Waals surface area (Å²) in [5, 5.41) is 9.28. The van der Waals surface area contributed by atoms with Crippen molar-refractivity contribution < 1.29 is 9.53 Å². The van der Waals surface area contributed by atoms with E-state index in [1.54, 1.807) is 7.05 Å². The maximum atomic E-state index is 11.4. The minimum Gasteiger partial charge on any atom is -0.484 e. The molecule has 1 aromatic carbocycles. The number of likely N-dealkylation sites (N-methyl/N-ethyl adjacent to an activating group) is 1. The van der Waals surface area contributed by atoms with Crippen LogP contribution < -0.4 is 20.7 Å². The van der Waals surface area contributed by atoms with Gasteiger partial charge in [0.1, 0.15) is 5.75 Å². The molecule has 7 heteroatoms. The van der Waals surface area contributed by atoms with Gasteiger partial charge in [-0.3, -0.25) is 9.79 Å². The van der Waals surface area contributed by atoms with Crippen LogP contribution in [0.15, 0.2) is 29.3 Å². The molecule has 0 aliphatic carbocycles. The summed E-state index contributed by atoms with van der Waals surface area (Å²) in [6.07, 6.45) is 1.10. The Morgan fingerprint density at radius 2 is 2.00 bits per heavy atom. The SMILES string of the molecule is CCNC(=O)COc1cccc(CNC(=NC)NCCC(C)C)c1.I. The Labute approximate surface area is 168 Å². The number of guanidine groups is 1. The topological polar surface area (TPSA) is 74.8 Å². The number of carbonyl (C=O) groups excluding carboxylic acids is 1. The number of rotatable bonds is 9. The highest BCUT2D eigenvalue weighted by atomic mass is 127. The number of hydrogen-bond acceptors (Lipinski definition) is 3. The minimum absolute atomic E-state index is 0. The summed E-state index contributed by atoms with van der Waals surface area (Å²) in [4.78, 5) is 15.6. The van der Waals surface area contributed by atoms with Gasteiger partial charge in [0.05, 0.1) is 0 Å². The lowest BCUT2D eigenvalue weighted by Crippen LogP contribution is -2.37. The smallest absolute Gasteiger partial charge is 0.257 e. The Balaban J connectivity index is 0.00000576. The van der Waals surface area contributed by atoms with Crippen molar-refractivity contribution in [3.63, 3.8) is 0 Å². The molecule has 0 saturated heterocycles. The summed E-state index contributed by atoms with van der Waals surface area (Å²) < 4.78 is 5.50. The highest BCUT2D eigenvalue weighted by Gasteiger charge is 2.03. The zero-order chi connectivity index (χ0) is 17.8. The van der Waals surface area contributed by atoms with Gasteiger partial charge in [0.2, 0.25) is 0 Å². The summed E-state index contributed by atoms with van der Waals surface area (Å²) in [6, 6.07) is 7.69. The van der Waals surface area contributed by atoms with Crippen molar-refractivity contribution in [1.29, 1.82) is 0 Å². The Morgan fingerprint density at radius 1 is 1.24 bits per heavy atom. The van der Waals surface area contributed by atoms with Gasteiger partial charge in [-0.1, -0.05) is 26.0 Å². The van der Waals surface area contributed by atoms with Crippen LogP contribution in [0.25, 0.3) is 0 Å². The van der Waals surface area contributed by atoms with Crippen LogP contribution in [0.1, 0.15) is 32.8 Å². The van der Waals surface area contributed by atoms with E-state index >= 15 is 0 Å². The molecule has 142 valence electrons. The second-order valence-corrected chi connectivity index (χ2v) is 5.92. The third kappa shape index (κ3) is 10.9. The molecular formula is C18H31IN4O2. The number of nitrogens with zero attached hydrogens (tertiary/aromatic N) is 1. The Bertz CT molecular complexity index is 536. The normalized spacial score (nSPS) is 10.8. The maximum Gasteiger partial charge on any atom is 0.257 e. The van der Waals surface area contributed by atoms with Gasteiger partial charge in [0.25, 0.3) is 5.91 Å². The fraction of sp³-hybridized carbons (Fsp3) is 0.556. The highest BCUT2D eigenvalue weighted by Crippen LogP contribution is 2.13. The van der Waals surface area contributed by atoms with Crippen molar-refractivity contribution in [2.75, 3.05) is 26.7 Å². The van der Waals surface area contributed by atoms with E-state index in [9.17, 15) is 4.79 Å². The number of ether oxygens (including phenoxy) is 1. The molecule has 0 spiro atoms. The number of hydrogen-bond donors (Lipinski definition) is 3. The van der Waals surface area contributed by atoms with Crippen molar-refractivity contribution in [3.8, 4) is 5.75 Å². The number of aliphatic imine (C=N–C) groups is 1. The van der Waals surface area contributed by atoms with E-state index in [2.05, 4.69) is 34.8 Å². The minimum atomic E-state index is -0.115. The van der Waals surface area contributed by atoms with E-state index in [0.717, 1.165) is 24.5 Å². The monoisotopic (exact) mass is 462 g/mol. The number of amides is 1. The van der Waals surface area contributed by atoms with Gasteiger partial charge in [0, 0.05) is 26.7 Å². The molecule has 0 bridgehead atoms. The van der Waals surface area contributed by atoms with Crippen molar-refractivity contribution in [2.45, 2.75) is 33.7 Å². The van der Waals surface area contributed by atoms with E-state index in [-0.39, 0.29) is 36.5 Å². The van der Waals surface area contributed by atoms with E-state index in [1.807, 2.05) is 31.2 Å². The third-order valence-electron chi connectivity index (χ3n) is 3.34. The lowest BCUT2D eigenvalue weighted by atomic mass is 10.1. The van der Waals surface area contributed by atoms with Crippen LogP contribution in [0.3, 0.4) is 0 Å². The predicted molar refractivity (Wildman–Crippen MR) is 114 cm³/mol. The van der Waals surface area contributed by atoms with E-state index < -0.39 is 0 Å². The van der Waals surface area contributed by atoms with Crippen LogP contribution in [0, 0.1) is 5.92 Å². The van der Waals surface area contributed by atoms with Crippen molar-refractivity contribution in [2.24, 2.45) is 10.9 Å². The van der Waals surface area contributed by atoms with Gasteiger partial charge in [-0.05, 0) is 37.0 Å². The van der Waals surface area contributed by atoms with Gasteiger partial charge < -0.3 is 20.7 Å². The Kier molecular flexibility index (Phi) is 12.9. The van der Waals surface area contributed by atoms with Crippen molar-refractivity contribution in [3.05, 3.63) is 29.8 Å². The average molecular weight is 462 g/mol. The molecule has 0 unspecified atom stereocenters. The summed E-state index contributed by atoms with van der Waals surface area (Å²) in [5.74, 6) is 2.01. The molecule has 0 saturated carbocycles. The van der Waals surface area contributed by atoms with Crippen LogP contribution in [-0.2, 0) is 11.3 Å². The quantitative estimate of drug-likeness (QED) is 0.300. The second kappa shape index (κ2) is 13.7. The molecule has 6 nitrogen and oxygen atoms in total. The number of nitrogens with one attached hydrogen (secondary N) is 3. The van der Waals surface area contributed by atoms with Crippen LogP contribution in [-0.4, -0.2) is 38.6 Å². The zero-order valence-corrected chi connectivity index (χ0v) is 17.9. The lowest BCUT2D eigenvalue weighted by molar-refractivity contribution is -0.122. The molecule has 1 rings (SSSR count). The summed E-state index contributed by atoms with van der Waals surface area (Å²) >= 11 is 0. The molecule has 3 N–H and O–H groups in total. The molecule has 1 aromatic rings. The predicted octanol–water partition coefficient (Wildman–Crippen LogP) is 2.53. The first-order valence-corrected chi connectivity index (χ1v) is 8.48. The van der Waals surface area contributed by atoms with E-state index in [0.29, 0.717) is 24.8 Å². The number of carbonyl (C=O) groups is 1. The molecule has 0 radical (unpaired) electrons. The van der Waals surface area contributed by atoms with Crippen LogP contribution in [0.2, 0.25) is 0 Å². The first-order chi connectivity index (χ1) is 11.5. The fourth-order valence-corrected chi connectivity index (χ4v) is 2.03.